The molecule has 3 nitrogen and oxygen atoms in total. The molecule has 0 aliphatic heterocycles. The predicted octanol–water partition coefficient (Wildman–Crippen LogP) is 3.96. The fourth-order valence-electron chi connectivity index (χ4n) is 2.37. The molecule has 18 heavy (non-hydrogen) atoms. The van der Waals surface area contributed by atoms with Gasteiger partial charge in [-0.05, 0) is 25.3 Å². The topological polar surface area (TPSA) is 63.3 Å². The van der Waals surface area contributed by atoms with Crippen LogP contribution in [0.1, 0.15) is 77.6 Å². The molecule has 0 amide bonds. The van der Waals surface area contributed by atoms with Gasteiger partial charge in [0.1, 0.15) is 0 Å². The lowest BCUT2D eigenvalue weighted by atomic mass is 9.91. The fraction of sp³-hybridized carbons (Fsp3) is 0.933. The van der Waals surface area contributed by atoms with Crippen LogP contribution in [0, 0.1) is 5.92 Å². The van der Waals surface area contributed by atoms with E-state index in [1.807, 2.05) is 0 Å². The normalized spacial score (nSPS) is 12.6. The Labute approximate surface area is 112 Å². The van der Waals surface area contributed by atoms with Gasteiger partial charge in [-0.1, -0.05) is 58.3 Å². The molecule has 0 aromatic rings. The Morgan fingerprint density at radius 2 is 1.61 bits per heavy atom. The third kappa shape index (κ3) is 11.9. The molecule has 0 aromatic heterocycles. The molecule has 0 fully saturated rings. The van der Waals surface area contributed by atoms with Gasteiger partial charge in [0, 0.05) is 6.42 Å². The predicted molar refractivity (Wildman–Crippen MR) is 76.6 cm³/mol. The Morgan fingerprint density at radius 3 is 2.17 bits per heavy atom. The quantitative estimate of drug-likeness (QED) is 0.491. The highest BCUT2D eigenvalue weighted by molar-refractivity contribution is 5.66. The van der Waals surface area contributed by atoms with E-state index in [0.717, 1.165) is 32.2 Å². The third-order valence-corrected chi connectivity index (χ3v) is 3.55. The van der Waals surface area contributed by atoms with Gasteiger partial charge in [-0.15, -0.1) is 0 Å². The maximum Gasteiger partial charge on any atom is 0.303 e. The highest BCUT2D eigenvalue weighted by atomic mass is 16.4. The lowest BCUT2D eigenvalue weighted by molar-refractivity contribution is -0.137. The molecule has 0 aliphatic rings. The summed E-state index contributed by atoms with van der Waals surface area (Å²) in [5.41, 5.74) is 5.50. The standard InChI is InChI=1S/C15H31NO2/c1-2-3-4-5-6-9-14(10-7-8-13-16)11-12-15(17)18/h14H,2-13,16H2,1H3,(H,17,18). The van der Waals surface area contributed by atoms with E-state index in [1.165, 1.54) is 38.5 Å². The van der Waals surface area contributed by atoms with Crippen LogP contribution in [0.15, 0.2) is 0 Å². The van der Waals surface area contributed by atoms with Crippen LogP contribution in [0.4, 0.5) is 0 Å². The summed E-state index contributed by atoms with van der Waals surface area (Å²) < 4.78 is 0. The van der Waals surface area contributed by atoms with Crippen LogP contribution < -0.4 is 5.73 Å². The van der Waals surface area contributed by atoms with Crippen molar-refractivity contribution in [2.75, 3.05) is 6.54 Å². The minimum atomic E-state index is -0.662. The summed E-state index contributed by atoms with van der Waals surface area (Å²) in [5.74, 6) is -0.0703. The van der Waals surface area contributed by atoms with E-state index < -0.39 is 5.97 Å². The zero-order chi connectivity index (χ0) is 13.6. The van der Waals surface area contributed by atoms with Crippen molar-refractivity contribution in [2.24, 2.45) is 11.7 Å². The lowest BCUT2D eigenvalue weighted by Gasteiger charge is -2.15. The van der Waals surface area contributed by atoms with Gasteiger partial charge >= 0.3 is 5.97 Å². The highest BCUT2D eigenvalue weighted by Gasteiger charge is 2.10. The summed E-state index contributed by atoms with van der Waals surface area (Å²) in [6.45, 7) is 2.98. The van der Waals surface area contributed by atoms with Gasteiger partial charge in [-0.25, -0.2) is 0 Å². The molecular weight excluding hydrogens is 226 g/mol. The summed E-state index contributed by atoms with van der Waals surface area (Å²) in [6.07, 6.45) is 12.2. The number of aliphatic carboxylic acids is 1. The van der Waals surface area contributed by atoms with Crippen LogP contribution in [0.5, 0.6) is 0 Å². The molecule has 108 valence electrons. The smallest absolute Gasteiger partial charge is 0.303 e. The minimum absolute atomic E-state index is 0.322. The zero-order valence-corrected chi connectivity index (χ0v) is 12.0. The molecule has 0 spiro atoms. The molecule has 0 bridgehead atoms. The molecule has 0 saturated heterocycles. The second-order valence-electron chi connectivity index (χ2n) is 5.29. The molecule has 0 rings (SSSR count). The Morgan fingerprint density at radius 1 is 1.00 bits per heavy atom. The molecule has 3 N–H and O–H groups in total. The van der Waals surface area contributed by atoms with Crippen molar-refractivity contribution in [1.82, 2.24) is 0 Å². The highest BCUT2D eigenvalue weighted by Crippen LogP contribution is 2.22. The molecule has 3 heteroatoms. The maximum atomic E-state index is 10.6. The van der Waals surface area contributed by atoms with Crippen LogP contribution >= 0.6 is 0 Å². The Bertz CT molecular complexity index is 195. The van der Waals surface area contributed by atoms with Crippen LogP contribution in [0.3, 0.4) is 0 Å². The Kier molecular flexibility index (Phi) is 12.5. The molecule has 0 heterocycles. The van der Waals surface area contributed by atoms with Crippen molar-refractivity contribution in [3.05, 3.63) is 0 Å². The first-order chi connectivity index (χ1) is 8.70. The second-order valence-corrected chi connectivity index (χ2v) is 5.29. The van der Waals surface area contributed by atoms with Crippen LogP contribution in [-0.2, 0) is 4.79 Å². The number of hydrogen-bond acceptors (Lipinski definition) is 2. The van der Waals surface area contributed by atoms with E-state index in [4.69, 9.17) is 10.8 Å². The Balaban J connectivity index is 3.70. The first kappa shape index (κ1) is 17.4. The minimum Gasteiger partial charge on any atom is -0.481 e. The zero-order valence-electron chi connectivity index (χ0n) is 12.0. The van der Waals surface area contributed by atoms with Crippen LogP contribution in [0.2, 0.25) is 0 Å². The Hall–Kier alpha value is -0.570. The van der Waals surface area contributed by atoms with Gasteiger partial charge < -0.3 is 10.8 Å². The SMILES string of the molecule is CCCCCCCC(CCCCN)CCC(=O)O. The van der Waals surface area contributed by atoms with Crippen molar-refractivity contribution in [3.63, 3.8) is 0 Å². The van der Waals surface area contributed by atoms with Crippen LogP contribution in [-0.4, -0.2) is 17.6 Å². The summed E-state index contributed by atoms with van der Waals surface area (Å²) in [4.78, 5) is 10.6. The van der Waals surface area contributed by atoms with Gasteiger partial charge in [-0.3, -0.25) is 4.79 Å². The van der Waals surface area contributed by atoms with Gasteiger partial charge in [-0.2, -0.15) is 0 Å². The molecule has 0 saturated carbocycles. The van der Waals surface area contributed by atoms with Gasteiger partial charge in [0.2, 0.25) is 0 Å². The van der Waals surface area contributed by atoms with Crippen molar-refractivity contribution >= 4 is 5.97 Å². The van der Waals surface area contributed by atoms with E-state index >= 15 is 0 Å². The van der Waals surface area contributed by atoms with E-state index in [-0.39, 0.29) is 0 Å². The van der Waals surface area contributed by atoms with Crippen molar-refractivity contribution in [2.45, 2.75) is 77.6 Å². The molecule has 0 aliphatic carbocycles. The van der Waals surface area contributed by atoms with E-state index in [0.29, 0.717) is 12.3 Å². The molecule has 0 radical (unpaired) electrons. The van der Waals surface area contributed by atoms with Crippen molar-refractivity contribution in [1.29, 1.82) is 0 Å². The molecular formula is C15H31NO2. The van der Waals surface area contributed by atoms with Crippen LogP contribution in [0.25, 0.3) is 0 Å². The third-order valence-electron chi connectivity index (χ3n) is 3.55. The molecule has 0 aromatic carbocycles. The summed E-state index contributed by atoms with van der Waals surface area (Å²) in [5, 5.41) is 8.76. The summed E-state index contributed by atoms with van der Waals surface area (Å²) >= 11 is 0. The largest absolute Gasteiger partial charge is 0.481 e. The van der Waals surface area contributed by atoms with Gasteiger partial charge in [0.25, 0.3) is 0 Å². The molecule has 1 atom stereocenters. The summed E-state index contributed by atoms with van der Waals surface area (Å²) in [6, 6.07) is 0. The average molecular weight is 257 g/mol. The number of unbranched alkanes of at least 4 members (excludes halogenated alkanes) is 5. The first-order valence-corrected chi connectivity index (χ1v) is 7.62. The maximum absolute atomic E-state index is 10.6. The fourth-order valence-corrected chi connectivity index (χ4v) is 2.37. The average Bonchev–Trinajstić information content (AvgIpc) is 2.35. The first-order valence-electron chi connectivity index (χ1n) is 7.62. The number of hydrogen-bond donors (Lipinski definition) is 2. The van der Waals surface area contributed by atoms with Gasteiger partial charge in [0.15, 0.2) is 0 Å². The van der Waals surface area contributed by atoms with E-state index in [2.05, 4.69) is 6.92 Å². The molecule has 1 unspecified atom stereocenters. The van der Waals surface area contributed by atoms with Crippen molar-refractivity contribution < 1.29 is 9.90 Å². The van der Waals surface area contributed by atoms with E-state index in [1.54, 1.807) is 0 Å². The van der Waals surface area contributed by atoms with Gasteiger partial charge in [0.05, 0.1) is 0 Å². The van der Waals surface area contributed by atoms with E-state index in [9.17, 15) is 4.79 Å². The summed E-state index contributed by atoms with van der Waals surface area (Å²) in [7, 11) is 0. The number of carboxylic acids is 1. The van der Waals surface area contributed by atoms with Crippen molar-refractivity contribution in [3.8, 4) is 0 Å². The number of carbonyl (C=O) groups is 1. The number of carboxylic acid groups (broad SMARTS) is 1. The second kappa shape index (κ2) is 12.9. The number of nitrogens with two attached hydrogens (primary N) is 1. The monoisotopic (exact) mass is 257 g/mol. The lowest BCUT2D eigenvalue weighted by Crippen LogP contribution is -2.06. The number of rotatable bonds is 13.